The van der Waals surface area contributed by atoms with Crippen molar-refractivity contribution >= 4 is 17.1 Å². The fraction of sp³-hybridized carbons (Fsp3) is 0.400. The highest BCUT2D eigenvalue weighted by molar-refractivity contribution is 5.65. The van der Waals surface area contributed by atoms with E-state index in [0.717, 1.165) is 0 Å². The zero-order chi connectivity index (χ0) is 12.1. The maximum Gasteiger partial charge on any atom is 0.292 e. The van der Waals surface area contributed by atoms with Gasteiger partial charge in [0.1, 0.15) is 5.69 Å². The number of nitrogens with zero attached hydrogens (tertiary/aromatic N) is 1. The lowest BCUT2D eigenvalue weighted by Crippen LogP contribution is -2.18. The fourth-order valence-corrected chi connectivity index (χ4v) is 1.21. The Kier molecular flexibility index (Phi) is 4.07. The molecule has 1 aromatic rings. The molecule has 6 nitrogen and oxygen atoms in total. The third-order valence-electron chi connectivity index (χ3n) is 2.24. The number of nitrogens with two attached hydrogens (primary N) is 1. The maximum absolute atomic E-state index is 10.5. The highest BCUT2D eigenvalue weighted by Gasteiger charge is 2.11. The van der Waals surface area contributed by atoms with E-state index in [1.165, 1.54) is 12.1 Å². The van der Waals surface area contributed by atoms with Crippen LogP contribution in [0.3, 0.4) is 0 Å². The average Bonchev–Trinajstić information content (AvgIpc) is 2.25. The summed E-state index contributed by atoms with van der Waals surface area (Å²) < 4.78 is 0. The van der Waals surface area contributed by atoms with Crippen LogP contribution in [0, 0.1) is 10.1 Å². The lowest BCUT2D eigenvalue weighted by atomic mass is 10.2. The van der Waals surface area contributed by atoms with E-state index < -0.39 is 11.0 Å². The van der Waals surface area contributed by atoms with E-state index in [1.54, 1.807) is 6.07 Å². The second kappa shape index (κ2) is 5.32. The molecule has 1 unspecified atom stereocenters. The normalized spacial score (nSPS) is 12.1. The minimum atomic E-state index is -0.528. The van der Waals surface area contributed by atoms with Crippen LogP contribution >= 0.6 is 0 Å². The van der Waals surface area contributed by atoms with Gasteiger partial charge in [0.15, 0.2) is 0 Å². The molecule has 0 bridgehead atoms. The molecule has 4 N–H and O–H groups in total. The number of rotatable bonds is 5. The molecule has 1 aromatic carbocycles. The van der Waals surface area contributed by atoms with Crippen LogP contribution in [0.25, 0.3) is 0 Å². The Hall–Kier alpha value is -1.82. The van der Waals surface area contributed by atoms with Gasteiger partial charge in [0.2, 0.25) is 0 Å². The minimum Gasteiger partial charge on any atom is -0.393 e. The lowest BCUT2D eigenvalue weighted by molar-refractivity contribution is -0.383. The zero-order valence-electron chi connectivity index (χ0n) is 9.01. The molecule has 0 aliphatic rings. The van der Waals surface area contributed by atoms with Gasteiger partial charge in [0.05, 0.1) is 11.0 Å². The fourth-order valence-electron chi connectivity index (χ4n) is 1.21. The van der Waals surface area contributed by atoms with E-state index in [0.29, 0.717) is 18.7 Å². The van der Waals surface area contributed by atoms with Crippen molar-refractivity contribution in [2.75, 3.05) is 17.6 Å². The van der Waals surface area contributed by atoms with Crippen molar-refractivity contribution in [1.29, 1.82) is 0 Å². The second-order valence-corrected chi connectivity index (χ2v) is 3.47. The summed E-state index contributed by atoms with van der Waals surface area (Å²) in [6, 6.07) is 4.40. The number of hydrogen-bond acceptors (Lipinski definition) is 5. The van der Waals surface area contributed by atoms with Crippen molar-refractivity contribution in [3.05, 3.63) is 28.3 Å². The van der Waals surface area contributed by atoms with Crippen LogP contribution in [-0.2, 0) is 0 Å². The van der Waals surface area contributed by atoms with Gasteiger partial charge in [0, 0.05) is 18.3 Å². The van der Waals surface area contributed by atoms with Gasteiger partial charge in [-0.15, -0.1) is 0 Å². The molecule has 0 amide bonds. The molecule has 0 saturated heterocycles. The molecule has 0 heterocycles. The summed E-state index contributed by atoms with van der Waals surface area (Å²) in [5.41, 5.74) is 6.18. The molecule has 6 heteroatoms. The summed E-state index contributed by atoms with van der Waals surface area (Å²) >= 11 is 0. The van der Waals surface area contributed by atoms with Gasteiger partial charge < -0.3 is 16.2 Å². The van der Waals surface area contributed by atoms with Crippen LogP contribution in [-0.4, -0.2) is 22.7 Å². The third-order valence-corrected chi connectivity index (χ3v) is 2.24. The predicted octanol–water partition coefficient (Wildman–Crippen LogP) is 1.36. The SMILES string of the molecule is CCC(O)CNc1ccc([N+](=O)[O-])c(N)c1. The summed E-state index contributed by atoms with van der Waals surface area (Å²) in [7, 11) is 0. The number of benzene rings is 1. The first-order valence-corrected chi connectivity index (χ1v) is 5.00. The number of hydrogen-bond donors (Lipinski definition) is 3. The van der Waals surface area contributed by atoms with E-state index in [9.17, 15) is 15.2 Å². The summed E-state index contributed by atoms with van der Waals surface area (Å²) in [6.07, 6.45) is 0.214. The molecular formula is C10H15N3O3. The van der Waals surface area contributed by atoms with Crippen LogP contribution in [0.5, 0.6) is 0 Å². The van der Waals surface area contributed by atoms with Gasteiger partial charge in [0.25, 0.3) is 5.69 Å². The maximum atomic E-state index is 10.5. The van der Waals surface area contributed by atoms with Crippen molar-refractivity contribution in [3.63, 3.8) is 0 Å². The number of nitro benzene ring substituents is 1. The van der Waals surface area contributed by atoms with Crippen LogP contribution in [0.4, 0.5) is 17.1 Å². The Bertz CT molecular complexity index is 382. The van der Waals surface area contributed by atoms with E-state index in [4.69, 9.17) is 5.73 Å². The lowest BCUT2D eigenvalue weighted by Gasteiger charge is -2.10. The molecule has 0 fully saturated rings. The van der Waals surface area contributed by atoms with Gasteiger partial charge in [-0.2, -0.15) is 0 Å². The molecule has 1 rings (SSSR count). The van der Waals surface area contributed by atoms with E-state index in [2.05, 4.69) is 5.32 Å². The smallest absolute Gasteiger partial charge is 0.292 e. The van der Waals surface area contributed by atoms with Gasteiger partial charge in [-0.1, -0.05) is 6.92 Å². The van der Waals surface area contributed by atoms with E-state index in [1.807, 2.05) is 6.92 Å². The Labute approximate surface area is 93.2 Å². The first-order chi connectivity index (χ1) is 7.54. The van der Waals surface area contributed by atoms with Gasteiger partial charge in [-0.05, 0) is 18.6 Å². The predicted molar refractivity (Wildman–Crippen MR) is 62.3 cm³/mol. The monoisotopic (exact) mass is 225 g/mol. The summed E-state index contributed by atoms with van der Waals surface area (Å²) in [4.78, 5) is 9.98. The topological polar surface area (TPSA) is 101 Å². The second-order valence-electron chi connectivity index (χ2n) is 3.47. The largest absolute Gasteiger partial charge is 0.393 e. The van der Waals surface area contributed by atoms with E-state index >= 15 is 0 Å². The molecule has 1 atom stereocenters. The van der Waals surface area contributed by atoms with Crippen molar-refractivity contribution in [2.24, 2.45) is 0 Å². The van der Waals surface area contributed by atoms with Crippen molar-refractivity contribution in [3.8, 4) is 0 Å². The number of anilines is 2. The number of nitro groups is 1. The molecule has 0 aliphatic heterocycles. The Morgan fingerprint density at radius 3 is 2.81 bits per heavy atom. The van der Waals surface area contributed by atoms with Crippen molar-refractivity contribution in [2.45, 2.75) is 19.4 Å². The minimum absolute atomic E-state index is 0.110. The van der Waals surface area contributed by atoms with Gasteiger partial charge in [-0.3, -0.25) is 10.1 Å². The first-order valence-electron chi connectivity index (χ1n) is 5.00. The van der Waals surface area contributed by atoms with Crippen LogP contribution in [0.1, 0.15) is 13.3 Å². The molecule has 0 aliphatic carbocycles. The van der Waals surface area contributed by atoms with Crippen LogP contribution in [0.15, 0.2) is 18.2 Å². The van der Waals surface area contributed by atoms with Crippen LogP contribution < -0.4 is 11.1 Å². The Morgan fingerprint density at radius 1 is 1.62 bits per heavy atom. The van der Waals surface area contributed by atoms with E-state index in [-0.39, 0.29) is 11.4 Å². The first kappa shape index (κ1) is 12.3. The van der Waals surface area contributed by atoms with Gasteiger partial charge >= 0.3 is 0 Å². The summed E-state index contributed by atoms with van der Waals surface area (Å²) in [6.45, 7) is 2.27. The highest BCUT2D eigenvalue weighted by Crippen LogP contribution is 2.24. The number of aliphatic hydroxyl groups is 1. The molecule has 0 aromatic heterocycles. The highest BCUT2D eigenvalue weighted by atomic mass is 16.6. The molecule has 0 radical (unpaired) electrons. The van der Waals surface area contributed by atoms with Crippen LogP contribution in [0.2, 0.25) is 0 Å². The molecular weight excluding hydrogens is 210 g/mol. The third kappa shape index (κ3) is 3.09. The quantitative estimate of drug-likeness (QED) is 0.399. The summed E-state index contributed by atoms with van der Waals surface area (Å²) in [5, 5.41) is 22.8. The van der Waals surface area contributed by atoms with Gasteiger partial charge in [-0.25, -0.2) is 0 Å². The molecule has 0 saturated carbocycles. The zero-order valence-corrected chi connectivity index (χ0v) is 9.01. The number of nitrogens with one attached hydrogen (secondary N) is 1. The molecule has 0 spiro atoms. The number of nitrogen functional groups attached to an aromatic ring is 1. The Morgan fingerprint density at radius 2 is 2.31 bits per heavy atom. The molecule has 16 heavy (non-hydrogen) atoms. The Balaban J connectivity index is 2.70. The number of aliphatic hydroxyl groups excluding tert-OH is 1. The van der Waals surface area contributed by atoms with Crippen molar-refractivity contribution < 1.29 is 10.0 Å². The standard InChI is InChI=1S/C10H15N3O3/c1-2-8(14)6-12-7-3-4-10(13(15)16)9(11)5-7/h3-5,8,12,14H,2,6,11H2,1H3. The average molecular weight is 225 g/mol. The summed E-state index contributed by atoms with van der Waals surface area (Å²) in [5.74, 6) is 0. The molecule has 88 valence electrons. The van der Waals surface area contributed by atoms with Crippen molar-refractivity contribution in [1.82, 2.24) is 0 Å².